The van der Waals surface area contributed by atoms with Crippen LogP contribution in [0.1, 0.15) is 38.9 Å². The van der Waals surface area contributed by atoms with Crippen LogP contribution in [0.2, 0.25) is 0 Å². The van der Waals surface area contributed by atoms with Gasteiger partial charge in [-0.2, -0.15) is 44.7 Å². The van der Waals surface area contributed by atoms with Gasteiger partial charge in [0.2, 0.25) is 0 Å². The standard InChI is InChI=1S/C67H33F3N8/c68-67(69,70)51-26-40(34-71)25-49(27-51)56-33-66(78-63-23-19-43(54-15-7-3-11-47(54)37-74)30-59(63)60-31-44(20-24-64(60)78)55-16-8-4-12-48(55)38-75)65(32-50(56)39-76)77-61-21-17-41(52-13-5-1-9-45(52)35-72)28-57(61)58-29-42(18-22-62(58)77)53-14-6-2-10-46(53)36-73/h1-33H. The van der Waals surface area contributed by atoms with E-state index in [0.29, 0.717) is 77.9 Å². The van der Waals surface area contributed by atoms with Crippen molar-refractivity contribution in [2.45, 2.75) is 6.18 Å². The highest BCUT2D eigenvalue weighted by Gasteiger charge is 2.32. The Kier molecular flexibility index (Phi) is 11.4. The maximum absolute atomic E-state index is 14.7. The molecule has 8 nitrogen and oxygen atoms in total. The number of halogens is 3. The molecule has 0 atom stereocenters. The summed E-state index contributed by atoms with van der Waals surface area (Å²) < 4.78 is 48.1. The molecule has 0 saturated heterocycles. The highest BCUT2D eigenvalue weighted by atomic mass is 19.4. The molecule has 0 fully saturated rings. The molecule has 0 aliphatic rings. The van der Waals surface area contributed by atoms with E-state index in [0.717, 1.165) is 55.9 Å². The van der Waals surface area contributed by atoms with Crippen LogP contribution in [0.5, 0.6) is 0 Å². The monoisotopic (exact) mass is 1010 g/mol. The van der Waals surface area contributed by atoms with Crippen LogP contribution in [0.3, 0.4) is 0 Å². The normalized spacial score (nSPS) is 11.2. The number of nitriles is 6. The van der Waals surface area contributed by atoms with Gasteiger partial charge in [-0.3, -0.25) is 0 Å². The van der Waals surface area contributed by atoms with Gasteiger partial charge in [-0.1, -0.05) is 97.1 Å². The number of rotatable bonds is 7. The molecule has 0 spiro atoms. The minimum atomic E-state index is -4.82. The van der Waals surface area contributed by atoms with Gasteiger partial charge in [0.1, 0.15) is 0 Å². The van der Waals surface area contributed by atoms with E-state index in [1.807, 2.05) is 137 Å². The predicted octanol–water partition coefficient (Wildman–Crippen LogP) is 16.5. The van der Waals surface area contributed by atoms with E-state index in [-0.39, 0.29) is 22.3 Å². The first-order valence-electron chi connectivity index (χ1n) is 24.4. The molecule has 2 aromatic heterocycles. The van der Waals surface area contributed by atoms with Crippen LogP contribution < -0.4 is 0 Å². The van der Waals surface area contributed by atoms with Gasteiger partial charge < -0.3 is 9.13 Å². The zero-order valence-electron chi connectivity index (χ0n) is 40.8. The van der Waals surface area contributed by atoms with Crippen molar-refractivity contribution >= 4 is 43.6 Å². The maximum Gasteiger partial charge on any atom is 0.416 e. The Morgan fingerprint density at radius 3 is 0.949 bits per heavy atom. The molecule has 78 heavy (non-hydrogen) atoms. The summed E-state index contributed by atoms with van der Waals surface area (Å²) in [4.78, 5) is 0. The van der Waals surface area contributed by atoms with Crippen molar-refractivity contribution in [2.75, 3.05) is 0 Å². The lowest BCUT2D eigenvalue weighted by Gasteiger charge is -2.20. The summed E-state index contributed by atoms with van der Waals surface area (Å²) in [5, 5.41) is 65.2. The minimum Gasteiger partial charge on any atom is -0.307 e. The first-order chi connectivity index (χ1) is 38.0. The summed E-state index contributed by atoms with van der Waals surface area (Å²) in [6, 6.07) is 72.5. The van der Waals surface area contributed by atoms with Gasteiger partial charge in [-0.15, -0.1) is 0 Å². The molecule has 362 valence electrons. The molecule has 0 bridgehead atoms. The van der Waals surface area contributed by atoms with Gasteiger partial charge >= 0.3 is 6.18 Å². The Hall–Kier alpha value is -11.5. The minimum absolute atomic E-state index is 0.00103. The summed E-state index contributed by atoms with van der Waals surface area (Å²) in [7, 11) is 0. The van der Waals surface area contributed by atoms with Crippen LogP contribution in [-0.2, 0) is 6.18 Å². The molecule has 12 aromatic rings. The van der Waals surface area contributed by atoms with E-state index >= 15 is 0 Å². The Labute approximate surface area is 444 Å². The van der Waals surface area contributed by atoms with Crippen molar-refractivity contribution in [3.05, 3.63) is 239 Å². The van der Waals surface area contributed by atoms with Crippen molar-refractivity contribution in [3.63, 3.8) is 0 Å². The number of hydrogen-bond acceptors (Lipinski definition) is 6. The predicted molar refractivity (Wildman–Crippen MR) is 296 cm³/mol. The Balaban J connectivity index is 1.24. The van der Waals surface area contributed by atoms with E-state index in [1.165, 1.54) is 6.07 Å². The smallest absolute Gasteiger partial charge is 0.307 e. The lowest BCUT2D eigenvalue weighted by atomic mass is 9.94. The van der Waals surface area contributed by atoms with Gasteiger partial charge in [0.15, 0.2) is 0 Å². The molecule has 0 saturated carbocycles. The summed E-state index contributed by atoms with van der Waals surface area (Å²) in [6.45, 7) is 0. The molecule has 0 radical (unpaired) electrons. The van der Waals surface area contributed by atoms with Crippen molar-refractivity contribution in [1.29, 1.82) is 31.6 Å². The third-order valence-corrected chi connectivity index (χ3v) is 14.4. The second kappa shape index (κ2) is 18.8. The average molecular weight is 1010 g/mol. The molecule has 0 aliphatic carbocycles. The maximum atomic E-state index is 14.7. The first-order valence-corrected chi connectivity index (χ1v) is 24.4. The van der Waals surface area contributed by atoms with E-state index < -0.39 is 11.7 Å². The summed E-state index contributed by atoms with van der Waals surface area (Å²) in [6.07, 6.45) is -4.82. The highest BCUT2D eigenvalue weighted by molar-refractivity contribution is 6.14. The lowest BCUT2D eigenvalue weighted by molar-refractivity contribution is -0.137. The zero-order chi connectivity index (χ0) is 53.8. The molecule has 0 amide bonds. The number of hydrogen-bond donors (Lipinski definition) is 0. The average Bonchev–Trinajstić information content (AvgIpc) is 4.20. The third kappa shape index (κ3) is 7.82. The van der Waals surface area contributed by atoms with Gasteiger partial charge in [-0.25, -0.2) is 0 Å². The van der Waals surface area contributed by atoms with Crippen molar-refractivity contribution in [3.8, 4) is 103 Å². The van der Waals surface area contributed by atoms with Crippen molar-refractivity contribution < 1.29 is 13.2 Å². The third-order valence-electron chi connectivity index (χ3n) is 14.4. The van der Waals surface area contributed by atoms with E-state index in [9.17, 15) is 44.7 Å². The van der Waals surface area contributed by atoms with E-state index in [2.05, 4.69) is 30.3 Å². The molecule has 12 rings (SSSR count). The molecule has 10 aromatic carbocycles. The van der Waals surface area contributed by atoms with Crippen molar-refractivity contribution in [1.82, 2.24) is 9.13 Å². The Morgan fingerprint density at radius 1 is 0.295 bits per heavy atom. The van der Waals surface area contributed by atoms with Crippen molar-refractivity contribution in [2.24, 2.45) is 0 Å². The fourth-order valence-electron chi connectivity index (χ4n) is 10.8. The highest BCUT2D eigenvalue weighted by Crippen LogP contribution is 2.45. The van der Waals surface area contributed by atoms with Crippen LogP contribution in [0.25, 0.3) is 111 Å². The Bertz CT molecular complexity index is 4590. The molecule has 2 heterocycles. The summed E-state index contributed by atoms with van der Waals surface area (Å²) >= 11 is 0. The quantitative estimate of drug-likeness (QED) is 0.155. The van der Waals surface area contributed by atoms with Gasteiger partial charge in [-0.05, 0) is 153 Å². The van der Waals surface area contributed by atoms with Crippen LogP contribution in [0, 0.1) is 68.0 Å². The van der Waals surface area contributed by atoms with E-state index in [4.69, 9.17) is 0 Å². The summed E-state index contributed by atoms with van der Waals surface area (Å²) in [5.41, 5.74) is 10.2. The van der Waals surface area contributed by atoms with Crippen LogP contribution >= 0.6 is 0 Å². The second-order valence-corrected chi connectivity index (χ2v) is 18.6. The van der Waals surface area contributed by atoms with Crippen LogP contribution in [-0.4, -0.2) is 9.13 Å². The largest absolute Gasteiger partial charge is 0.416 e. The second-order valence-electron chi connectivity index (χ2n) is 18.6. The number of benzene rings is 10. The fourth-order valence-corrected chi connectivity index (χ4v) is 10.8. The molecule has 0 N–H and O–H groups in total. The number of nitrogens with zero attached hydrogens (tertiary/aromatic N) is 8. The Morgan fingerprint density at radius 2 is 0.628 bits per heavy atom. The van der Waals surface area contributed by atoms with Crippen LogP contribution in [0.15, 0.2) is 200 Å². The topological polar surface area (TPSA) is 153 Å². The van der Waals surface area contributed by atoms with Gasteiger partial charge in [0.25, 0.3) is 0 Å². The van der Waals surface area contributed by atoms with Crippen LogP contribution in [0.4, 0.5) is 13.2 Å². The fraction of sp³-hybridized carbons (Fsp3) is 0.0149. The van der Waals surface area contributed by atoms with E-state index in [1.54, 1.807) is 60.7 Å². The molecular formula is C67H33F3N8. The number of alkyl halides is 3. The zero-order valence-corrected chi connectivity index (χ0v) is 40.8. The number of aromatic nitrogens is 2. The molecule has 0 aliphatic heterocycles. The van der Waals surface area contributed by atoms with Gasteiger partial charge in [0, 0.05) is 27.1 Å². The summed E-state index contributed by atoms with van der Waals surface area (Å²) in [5.74, 6) is 0. The SMILES string of the molecule is N#Cc1cc(-c2cc(-n3c4ccc(-c5ccccc5C#N)cc4c4cc(-c5ccccc5C#N)ccc43)c(-n3c4ccc(-c5ccccc5C#N)cc4c4cc(-c5ccccc5C#N)ccc43)cc2C#N)cc(C(F)(F)F)c1. The molecular weight excluding hydrogens is 974 g/mol. The van der Waals surface area contributed by atoms with Gasteiger partial charge in [0.05, 0.1) is 109 Å². The lowest BCUT2D eigenvalue weighted by Crippen LogP contribution is -2.07. The molecule has 11 heteroatoms. The molecule has 0 unspecified atom stereocenters. The first kappa shape index (κ1) is 47.5. The number of fused-ring (bicyclic) bond motifs is 6.